The summed E-state index contributed by atoms with van der Waals surface area (Å²) in [6.45, 7) is 15.5. The van der Waals surface area contributed by atoms with Crippen LogP contribution in [0.4, 0.5) is 0 Å². The quantitative estimate of drug-likeness (QED) is 0.0663. The van der Waals surface area contributed by atoms with Crippen molar-refractivity contribution in [3.05, 3.63) is 33.8 Å². The summed E-state index contributed by atoms with van der Waals surface area (Å²) in [4.78, 5) is 16.3. The fourth-order valence-corrected chi connectivity index (χ4v) is 10.9. The SMILES string of the molecule is CCCCC(CC)COC(=O)c1cc2c(-c3cc4c(OCC(CC)CCCC)c5sccc5c(OCC(CC)CCCC)c4s3)scc2s1. The van der Waals surface area contributed by atoms with E-state index in [2.05, 4.69) is 70.5 Å². The highest BCUT2D eigenvalue weighted by atomic mass is 32.1. The molecule has 4 aromatic heterocycles. The molecule has 5 aromatic rings. The third-order valence-corrected chi connectivity index (χ3v) is 14.5. The van der Waals surface area contributed by atoms with Crippen molar-refractivity contribution in [1.29, 1.82) is 0 Å². The first-order valence-corrected chi connectivity index (χ1v) is 22.3. The molecule has 3 unspecified atom stereocenters. The molecular weight excluding hydrogens is 685 g/mol. The number of ether oxygens (including phenoxy) is 3. The Morgan fingerprint density at radius 2 is 1.27 bits per heavy atom. The number of carbonyl (C=O) groups excluding carboxylic acids is 1. The van der Waals surface area contributed by atoms with Crippen LogP contribution in [0.1, 0.15) is 128 Å². The molecule has 268 valence electrons. The summed E-state index contributed by atoms with van der Waals surface area (Å²) in [6.07, 6.45) is 14.0. The number of fused-ring (bicyclic) bond motifs is 3. The van der Waals surface area contributed by atoms with E-state index < -0.39 is 0 Å². The van der Waals surface area contributed by atoms with Crippen LogP contribution in [0.2, 0.25) is 0 Å². The van der Waals surface area contributed by atoms with E-state index >= 15 is 0 Å². The molecule has 0 radical (unpaired) electrons. The maximum Gasteiger partial charge on any atom is 0.348 e. The Labute approximate surface area is 310 Å². The highest BCUT2D eigenvalue weighted by Crippen LogP contribution is 2.52. The molecule has 0 fully saturated rings. The molecule has 0 amide bonds. The Morgan fingerprint density at radius 1 is 0.673 bits per heavy atom. The number of carbonyl (C=O) groups is 1. The molecule has 8 heteroatoms. The molecule has 0 spiro atoms. The molecule has 0 aliphatic heterocycles. The second-order valence-electron chi connectivity index (χ2n) is 13.6. The van der Waals surface area contributed by atoms with Gasteiger partial charge in [-0.25, -0.2) is 4.79 Å². The van der Waals surface area contributed by atoms with Gasteiger partial charge in [-0.2, -0.15) is 0 Å². The monoisotopic (exact) mass is 740 g/mol. The second-order valence-corrected chi connectivity index (χ2v) is 17.5. The molecule has 0 saturated heterocycles. The number of hydrogen-bond acceptors (Lipinski definition) is 8. The van der Waals surface area contributed by atoms with Crippen LogP contribution in [-0.2, 0) is 4.74 Å². The van der Waals surface area contributed by atoms with E-state index in [0.717, 1.165) is 76.0 Å². The van der Waals surface area contributed by atoms with E-state index in [1.165, 1.54) is 65.8 Å². The van der Waals surface area contributed by atoms with Gasteiger partial charge in [0, 0.05) is 31.1 Å². The predicted molar refractivity (Wildman–Crippen MR) is 217 cm³/mol. The van der Waals surface area contributed by atoms with Crippen molar-refractivity contribution in [3.63, 3.8) is 0 Å². The van der Waals surface area contributed by atoms with E-state index in [9.17, 15) is 4.79 Å². The third-order valence-electron chi connectivity index (χ3n) is 10.0. The molecular formula is C41H56O4S4. The van der Waals surface area contributed by atoms with Crippen LogP contribution in [0.25, 0.3) is 40.0 Å². The Kier molecular flexibility index (Phi) is 14.7. The summed E-state index contributed by atoms with van der Waals surface area (Å²) in [5, 5.41) is 7.81. The van der Waals surface area contributed by atoms with Crippen LogP contribution in [0.15, 0.2) is 29.0 Å². The van der Waals surface area contributed by atoms with Gasteiger partial charge in [0.1, 0.15) is 16.4 Å². The summed E-state index contributed by atoms with van der Waals surface area (Å²) in [6, 6.07) is 6.59. The molecule has 0 aliphatic rings. The van der Waals surface area contributed by atoms with E-state index in [-0.39, 0.29) is 5.97 Å². The molecule has 0 N–H and O–H groups in total. The van der Waals surface area contributed by atoms with Crippen molar-refractivity contribution in [2.45, 2.75) is 119 Å². The van der Waals surface area contributed by atoms with Crippen LogP contribution in [0.5, 0.6) is 11.5 Å². The first kappa shape index (κ1) is 38.1. The van der Waals surface area contributed by atoms with Gasteiger partial charge in [-0.05, 0) is 60.6 Å². The van der Waals surface area contributed by atoms with Crippen LogP contribution < -0.4 is 9.47 Å². The lowest BCUT2D eigenvalue weighted by Crippen LogP contribution is -2.13. The fraction of sp³-hybridized carbons (Fsp3) is 0.585. The molecule has 0 aliphatic carbocycles. The third kappa shape index (κ3) is 9.22. The summed E-state index contributed by atoms with van der Waals surface area (Å²) in [5.74, 6) is 3.32. The average molecular weight is 741 g/mol. The standard InChI is InChI=1S/C41H56O4S4/c1-7-13-16-27(10-4)23-43-36-30-19-20-46-39(30)37(44-24-28(11-5)17-14-8-2)32-22-33(49-40(32)36)38-31-21-34(48-35(31)26-47-38)41(42)45-25-29(12-6)18-15-9-3/h19-22,26-29H,7-18,23-25H2,1-6H3. The largest absolute Gasteiger partial charge is 0.491 e. The van der Waals surface area contributed by atoms with Gasteiger partial charge in [0.05, 0.1) is 34.1 Å². The van der Waals surface area contributed by atoms with Crippen molar-refractivity contribution in [3.8, 4) is 21.3 Å². The van der Waals surface area contributed by atoms with Gasteiger partial charge in [-0.15, -0.1) is 45.3 Å². The van der Waals surface area contributed by atoms with Gasteiger partial charge in [0.2, 0.25) is 0 Å². The zero-order valence-corrected chi connectivity index (χ0v) is 33.8. The molecule has 4 heterocycles. The van der Waals surface area contributed by atoms with Crippen molar-refractivity contribution >= 4 is 81.6 Å². The van der Waals surface area contributed by atoms with Crippen LogP contribution in [0.3, 0.4) is 0 Å². The zero-order chi connectivity index (χ0) is 34.8. The molecule has 4 nitrogen and oxygen atoms in total. The van der Waals surface area contributed by atoms with Gasteiger partial charge >= 0.3 is 5.97 Å². The minimum Gasteiger partial charge on any atom is -0.491 e. The lowest BCUT2D eigenvalue weighted by Gasteiger charge is -2.19. The first-order chi connectivity index (χ1) is 24.0. The van der Waals surface area contributed by atoms with Crippen molar-refractivity contribution < 1.29 is 19.0 Å². The number of unbranched alkanes of at least 4 members (excludes halogenated alkanes) is 3. The minimum absolute atomic E-state index is 0.197. The lowest BCUT2D eigenvalue weighted by molar-refractivity contribution is 0.0434. The van der Waals surface area contributed by atoms with Crippen LogP contribution in [0, 0.1) is 17.8 Å². The highest BCUT2D eigenvalue weighted by molar-refractivity contribution is 7.29. The molecule has 0 bridgehead atoms. The molecule has 1 aromatic carbocycles. The number of hydrogen-bond donors (Lipinski definition) is 0. The Hall–Kier alpha value is -2.13. The van der Waals surface area contributed by atoms with Gasteiger partial charge in [0.25, 0.3) is 0 Å². The number of benzene rings is 1. The van der Waals surface area contributed by atoms with E-state index in [1.807, 2.05) is 0 Å². The second kappa shape index (κ2) is 18.9. The van der Waals surface area contributed by atoms with Gasteiger partial charge in [-0.3, -0.25) is 0 Å². The molecule has 5 rings (SSSR count). The number of rotatable bonds is 22. The molecule has 0 saturated carbocycles. The fourth-order valence-electron chi connectivity index (χ4n) is 6.53. The minimum atomic E-state index is -0.197. The van der Waals surface area contributed by atoms with Gasteiger partial charge in [0.15, 0.2) is 0 Å². The highest BCUT2D eigenvalue weighted by Gasteiger charge is 2.24. The number of thiophene rings is 4. The number of esters is 1. The van der Waals surface area contributed by atoms with Gasteiger partial charge in [-0.1, -0.05) is 99.3 Å². The lowest BCUT2D eigenvalue weighted by atomic mass is 10.0. The summed E-state index contributed by atoms with van der Waals surface area (Å²) in [7, 11) is 0. The zero-order valence-electron chi connectivity index (χ0n) is 30.5. The van der Waals surface area contributed by atoms with Crippen LogP contribution in [-0.4, -0.2) is 25.8 Å². The summed E-state index contributed by atoms with van der Waals surface area (Å²) >= 11 is 6.86. The topological polar surface area (TPSA) is 44.8 Å². The Balaban J connectivity index is 1.51. The van der Waals surface area contributed by atoms with E-state index in [0.29, 0.717) is 29.2 Å². The smallest absolute Gasteiger partial charge is 0.348 e. The van der Waals surface area contributed by atoms with Crippen molar-refractivity contribution in [2.75, 3.05) is 19.8 Å². The average Bonchev–Trinajstić information content (AvgIpc) is 3.93. The molecule has 49 heavy (non-hydrogen) atoms. The van der Waals surface area contributed by atoms with Crippen molar-refractivity contribution in [1.82, 2.24) is 0 Å². The van der Waals surface area contributed by atoms with Crippen molar-refractivity contribution in [2.24, 2.45) is 17.8 Å². The maximum atomic E-state index is 13.2. The van der Waals surface area contributed by atoms with E-state index in [1.54, 1.807) is 45.3 Å². The first-order valence-electron chi connectivity index (χ1n) is 18.9. The van der Waals surface area contributed by atoms with E-state index in [4.69, 9.17) is 14.2 Å². The Bertz CT molecular complexity index is 1690. The predicted octanol–water partition coefficient (Wildman–Crippen LogP) is 14.6. The Morgan fingerprint density at radius 3 is 1.86 bits per heavy atom. The maximum absolute atomic E-state index is 13.2. The van der Waals surface area contributed by atoms with Crippen LogP contribution >= 0.6 is 45.3 Å². The van der Waals surface area contributed by atoms with Gasteiger partial charge < -0.3 is 14.2 Å². The molecule has 3 atom stereocenters. The summed E-state index contributed by atoms with van der Waals surface area (Å²) < 4.78 is 23.0. The summed E-state index contributed by atoms with van der Waals surface area (Å²) in [5.41, 5.74) is 0. The normalized spacial score (nSPS) is 13.8.